The van der Waals surface area contributed by atoms with E-state index in [0.29, 0.717) is 6.54 Å². The quantitative estimate of drug-likeness (QED) is 0.526. The van der Waals surface area contributed by atoms with Crippen LogP contribution < -0.4 is 4.90 Å². The van der Waals surface area contributed by atoms with Gasteiger partial charge in [-0.15, -0.1) is 0 Å². The summed E-state index contributed by atoms with van der Waals surface area (Å²) in [5, 5.41) is 19.9. The van der Waals surface area contributed by atoms with Gasteiger partial charge in [-0.3, -0.25) is 19.8 Å². The molecule has 2 aromatic rings. The van der Waals surface area contributed by atoms with Gasteiger partial charge in [0.2, 0.25) is 5.91 Å². The highest BCUT2D eigenvalue weighted by molar-refractivity contribution is 5.94. The fourth-order valence-electron chi connectivity index (χ4n) is 2.76. The number of benzene rings is 2. The molecule has 0 radical (unpaired) electrons. The molecule has 0 heterocycles. The van der Waals surface area contributed by atoms with E-state index in [2.05, 4.69) is 6.07 Å². The van der Waals surface area contributed by atoms with Crippen molar-refractivity contribution in [2.24, 2.45) is 0 Å². The molecule has 0 aliphatic carbocycles. The second kappa shape index (κ2) is 9.46. The predicted octanol–water partition coefficient (Wildman–Crippen LogP) is 3.53. The van der Waals surface area contributed by atoms with Gasteiger partial charge in [-0.05, 0) is 31.7 Å². The van der Waals surface area contributed by atoms with Gasteiger partial charge in [0.1, 0.15) is 0 Å². The van der Waals surface area contributed by atoms with E-state index in [9.17, 15) is 14.9 Å². The van der Waals surface area contributed by atoms with Gasteiger partial charge in [-0.25, -0.2) is 0 Å². The van der Waals surface area contributed by atoms with E-state index >= 15 is 0 Å². The van der Waals surface area contributed by atoms with Crippen LogP contribution in [0, 0.1) is 21.4 Å². The number of nitrogens with zero attached hydrogens (tertiary/aromatic N) is 4. The van der Waals surface area contributed by atoms with Gasteiger partial charge in [0.15, 0.2) is 0 Å². The second-order valence-electron chi connectivity index (χ2n) is 6.23. The SMILES string of the molecule is CC(c1cccc([N+](=O)[O-])c1)N(C)CC(=O)N(CCC#N)c1ccccc1. The third kappa shape index (κ3) is 5.36. The molecule has 7 heteroatoms. The number of carbonyl (C=O) groups excluding carboxylic acids is 1. The number of carbonyl (C=O) groups is 1. The normalized spacial score (nSPS) is 11.6. The first-order valence-corrected chi connectivity index (χ1v) is 8.61. The molecule has 27 heavy (non-hydrogen) atoms. The molecule has 0 N–H and O–H groups in total. The minimum Gasteiger partial charge on any atom is -0.310 e. The van der Waals surface area contributed by atoms with Crippen molar-refractivity contribution in [3.63, 3.8) is 0 Å². The van der Waals surface area contributed by atoms with Crippen LogP contribution in [0.15, 0.2) is 54.6 Å². The van der Waals surface area contributed by atoms with E-state index in [1.807, 2.05) is 48.2 Å². The van der Waals surface area contributed by atoms with Gasteiger partial charge in [0.05, 0.1) is 24.0 Å². The summed E-state index contributed by atoms with van der Waals surface area (Å²) in [4.78, 5) is 26.8. The van der Waals surface area contributed by atoms with E-state index in [0.717, 1.165) is 11.3 Å². The van der Waals surface area contributed by atoms with Crippen molar-refractivity contribution >= 4 is 17.3 Å². The number of hydrogen-bond donors (Lipinski definition) is 0. The van der Waals surface area contributed by atoms with E-state index in [4.69, 9.17) is 5.26 Å². The number of rotatable bonds is 8. The lowest BCUT2D eigenvalue weighted by Crippen LogP contribution is -2.40. The molecular formula is C20H22N4O3. The zero-order valence-electron chi connectivity index (χ0n) is 15.4. The third-order valence-corrected chi connectivity index (χ3v) is 4.43. The average molecular weight is 366 g/mol. The van der Waals surface area contributed by atoms with Crippen LogP contribution in [0.4, 0.5) is 11.4 Å². The maximum atomic E-state index is 12.8. The van der Waals surface area contributed by atoms with Crippen molar-refractivity contribution in [2.75, 3.05) is 25.0 Å². The fraction of sp³-hybridized carbons (Fsp3) is 0.300. The van der Waals surface area contributed by atoms with Crippen molar-refractivity contribution in [2.45, 2.75) is 19.4 Å². The van der Waals surface area contributed by atoms with Gasteiger partial charge in [0.25, 0.3) is 5.69 Å². The molecule has 1 amide bonds. The standard InChI is InChI=1S/C20H22N4O3/c1-16(17-8-6-11-19(14-17)24(26)27)22(2)15-20(25)23(13-7-12-21)18-9-4-3-5-10-18/h3-6,8-11,14,16H,7,13,15H2,1-2H3. The van der Waals surface area contributed by atoms with Crippen molar-refractivity contribution < 1.29 is 9.72 Å². The molecule has 1 unspecified atom stereocenters. The molecule has 0 spiro atoms. The molecular weight excluding hydrogens is 344 g/mol. The number of nitro benzene ring substituents is 1. The molecule has 0 aliphatic heterocycles. The Morgan fingerprint density at radius 2 is 1.93 bits per heavy atom. The molecule has 0 fully saturated rings. The van der Waals surface area contributed by atoms with Gasteiger partial charge in [0, 0.05) is 30.4 Å². The molecule has 0 saturated carbocycles. The fourth-order valence-corrected chi connectivity index (χ4v) is 2.76. The molecule has 0 aliphatic rings. The van der Waals surface area contributed by atoms with Crippen molar-refractivity contribution in [3.05, 3.63) is 70.3 Å². The van der Waals surface area contributed by atoms with Crippen LogP contribution in [0.3, 0.4) is 0 Å². The minimum absolute atomic E-state index is 0.0269. The van der Waals surface area contributed by atoms with E-state index in [-0.39, 0.29) is 30.6 Å². The molecule has 7 nitrogen and oxygen atoms in total. The molecule has 2 aromatic carbocycles. The Bertz CT molecular complexity index is 833. The summed E-state index contributed by atoms with van der Waals surface area (Å²) in [6.07, 6.45) is 0.241. The highest BCUT2D eigenvalue weighted by atomic mass is 16.6. The van der Waals surface area contributed by atoms with Crippen LogP contribution in [0.1, 0.15) is 24.9 Å². The molecule has 1 atom stereocenters. The van der Waals surface area contributed by atoms with E-state index in [1.165, 1.54) is 12.1 Å². The number of nitro groups is 1. The smallest absolute Gasteiger partial charge is 0.269 e. The topological polar surface area (TPSA) is 90.5 Å². The van der Waals surface area contributed by atoms with Crippen molar-refractivity contribution in [3.8, 4) is 6.07 Å². The predicted molar refractivity (Wildman–Crippen MR) is 103 cm³/mol. The number of para-hydroxylation sites is 1. The summed E-state index contributed by atoms with van der Waals surface area (Å²) >= 11 is 0. The number of nitriles is 1. The largest absolute Gasteiger partial charge is 0.310 e. The number of non-ortho nitro benzene ring substituents is 1. The second-order valence-corrected chi connectivity index (χ2v) is 6.23. The molecule has 0 saturated heterocycles. The maximum absolute atomic E-state index is 12.8. The summed E-state index contributed by atoms with van der Waals surface area (Å²) < 4.78 is 0. The first kappa shape index (κ1) is 20.1. The first-order chi connectivity index (χ1) is 12.9. The summed E-state index contributed by atoms with van der Waals surface area (Å²) in [5.41, 5.74) is 1.54. The Labute approximate surface area is 158 Å². The lowest BCUT2D eigenvalue weighted by molar-refractivity contribution is -0.384. The molecule has 2 rings (SSSR count). The Morgan fingerprint density at radius 1 is 1.22 bits per heavy atom. The summed E-state index contributed by atoms with van der Waals surface area (Å²) in [7, 11) is 1.80. The van der Waals surface area contributed by atoms with Crippen molar-refractivity contribution in [1.29, 1.82) is 5.26 Å². The Hall–Kier alpha value is -3.24. The summed E-state index contributed by atoms with van der Waals surface area (Å²) in [6, 6.07) is 17.5. The van der Waals surface area contributed by atoms with Gasteiger partial charge in [-0.2, -0.15) is 5.26 Å². The van der Waals surface area contributed by atoms with Crippen LogP contribution in [0.5, 0.6) is 0 Å². The molecule has 0 bridgehead atoms. The lowest BCUT2D eigenvalue weighted by Gasteiger charge is -2.28. The third-order valence-electron chi connectivity index (χ3n) is 4.43. The summed E-state index contributed by atoms with van der Waals surface area (Å²) in [5.74, 6) is -0.128. The van der Waals surface area contributed by atoms with Crippen LogP contribution >= 0.6 is 0 Å². The molecule has 0 aromatic heterocycles. The van der Waals surface area contributed by atoms with Gasteiger partial charge < -0.3 is 4.90 Å². The van der Waals surface area contributed by atoms with Crippen LogP contribution in [-0.2, 0) is 4.79 Å². The Balaban J connectivity index is 2.13. The highest BCUT2D eigenvalue weighted by Crippen LogP contribution is 2.23. The Kier molecular flexibility index (Phi) is 7.03. The first-order valence-electron chi connectivity index (χ1n) is 8.61. The summed E-state index contributed by atoms with van der Waals surface area (Å²) in [6.45, 7) is 2.34. The van der Waals surface area contributed by atoms with Crippen LogP contribution in [0.2, 0.25) is 0 Å². The Morgan fingerprint density at radius 3 is 2.56 bits per heavy atom. The molecule has 140 valence electrons. The van der Waals surface area contributed by atoms with E-state index in [1.54, 1.807) is 18.0 Å². The number of likely N-dealkylation sites (N-methyl/N-ethyl adjacent to an activating group) is 1. The number of amides is 1. The zero-order chi connectivity index (χ0) is 19.8. The van der Waals surface area contributed by atoms with Crippen LogP contribution in [-0.4, -0.2) is 35.9 Å². The average Bonchev–Trinajstić information content (AvgIpc) is 2.68. The number of hydrogen-bond acceptors (Lipinski definition) is 5. The maximum Gasteiger partial charge on any atom is 0.269 e. The van der Waals surface area contributed by atoms with Crippen molar-refractivity contribution in [1.82, 2.24) is 4.90 Å². The highest BCUT2D eigenvalue weighted by Gasteiger charge is 2.21. The van der Waals surface area contributed by atoms with Crippen LogP contribution in [0.25, 0.3) is 0 Å². The minimum atomic E-state index is -0.430. The van der Waals surface area contributed by atoms with Gasteiger partial charge in [-0.1, -0.05) is 30.3 Å². The number of anilines is 1. The lowest BCUT2D eigenvalue weighted by atomic mass is 10.1. The monoisotopic (exact) mass is 366 g/mol. The van der Waals surface area contributed by atoms with E-state index < -0.39 is 4.92 Å². The van der Waals surface area contributed by atoms with Gasteiger partial charge >= 0.3 is 0 Å². The zero-order valence-corrected chi connectivity index (χ0v) is 15.4.